The number of hydrogen-bond acceptors (Lipinski definition) is 3. The zero-order valence-corrected chi connectivity index (χ0v) is 11.9. The molecule has 0 saturated carbocycles. The highest BCUT2D eigenvalue weighted by molar-refractivity contribution is 8.00. The Morgan fingerprint density at radius 3 is 2.89 bits per heavy atom. The number of carbonyl (C=O) groups excluding carboxylic acids is 1. The maximum absolute atomic E-state index is 12.2. The summed E-state index contributed by atoms with van der Waals surface area (Å²) in [6.45, 7) is 4.14. The first-order valence-corrected chi connectivity index (χ1v) is 8.01. The van der Waals surface area contributed by atoms with Crippen molar-refractivity contribution in [2.75, 3.05) is 31.9 Å². The Morgan fingerprint density at radius 1 is 1.21 bits per heavy atom. The maximum Gasteiger partial charge on any atom is 0.233 e. The summed E-state index contributed by atoms with van der Waals surface area (Å²) in [5.74, 6) is 0.858. The van der Waals surface area contributed by atoms with Crippen molar-refractivity contribution in [3.8, 4) is 0 Å². The first kappa shape index (κ1) is 13.0. The monoisotopic (exact) mass is 276 g/mol. The number of nitrogens with zero attached hydrogens (tertiary/aromatic N) is 2. The molecule has 1 atom stereocenters. The molecule has 0 spiro atoms. The molecular formula is C15H20N2OS. The summed E-state index contributed by atoms with van der Waals surface area (Å²) in [7, 11) is 0. The maximum atomic E-state index is 12.2. The highest BCUT2D eigenvalue weighted by Crippen LogP contribution is 2.23. The Bertz CT molecular complexity index is 437. The number of rotatable bonds is 3. The van der Waals surface area contributed by atoms with Crippen LogP contribution in [0.2, 0.25) is 0 Å². The Morgan fingerprint density at radius 2 is 2.05 bits per heavy atom. The molecule has 2 saturated heterocycles. The molecule has 0 radical (unpaired) electrons. The van der Waals surface area contributed by atoms with Gasteiger partial charge in [0.15, 0.2) is 0 Å². The lowest BCUT2D eigenvalue weighted by Gasteiger charge is -2.37. The van der Waals surface area contributed by atoms with Crippen molar-refractivity contribution in [1.29, 1.82) is 0 Å². The van der Waals surface area contributed by atoms with Crippen molar-refractivity contribution in [3.63, 3.8) is 0 Å². The molecule has 102 valence electrons. The van der Waals surface area contributed by atoms with Crippen LogP contribution in [0.25, 0.3) is 0 Å². The van der Waals surface area contributed by atoms with E-state index in [1.54, 1.807) is 11.8 Å². The van der Waals surface area contributed by atoms with Crippen molar-refractivity contribution in [1.82, 2.24) is 9.80 Å². The van der Waals surface area contributed by atoms with Crippen LogP contribution >= 0.6 is 11.8 Å². The quantitative estimate of drug-likeness (QED) is 0.790. The van der Waals surface area contributed by atoms with E-state index >= 15 is 0 Å². The van der Waals surface area contributed by atoms with Crippen LogP contribution in [0.3, 0.4) is 0 Å². The standard InChI is InChI=1S/C15H20N2OS/c18-15(12-19-14-6-2-1-3-7-14)17-10-9-16-8-4-5-13(16)11-17/h1-3,6-7,13H,4-5,8-12H2/t13-/m1/s1. The molecule has 0 bridgehead atoms. The van der Waals surface area contributed by atoms with Gasteiger partial charge in [-0.15, -0.1) is 11.8 Å². The highest BCUT2D eigenvalue weighted by atomic mass is 32.2. The smallest absolute Gasteiger partial charge is 0.233 e. The molecule has 4 heteroatoms. The third kappa shape index (κ3) is 3.12. The Balaban J connectivity index is 1.50. The topological polar surface area (TPSA) is 23.6 Å². The van der Waals surface area contributed by atoms with Gasteiger partial charge in [0.25, 0.3) is 0 Å². The van der Waals surface area contributed by atoms with Gasteiger partial charge in [-0.25, -0.2) is 0 Å². The molecule has 1 aromatic rings. The van der Waals surface area contributed by atoms with Gasteiger partial charge in [-0.3, -0.25) is 9.69 Å². The molecule has 19 heavy (non-hydrogen) atoms. The van der Waals surface area contributed by atoms with E-state index in [0.29, 0.717) is 17.7 Å². The second-order valence-corrected chi connectivity index (χ2v) is 6.32. The van der Waals surface area contributed by atoms with E-state index in [2.05, 4.69) is 21.9 Å². The fourth-order valence-electron chi connectivity index (χ4n) is 2.97. The van der Waals surface area contributed by atoms with Crippen molar-refractivity contribution >= 4 is 17.7 Å². The molecule has 0 unspecified atom stereocenters. The van der Waals surface area contributed by atoms with Crippen LogP contribution < -0.4 is 0 Å². The Hall–Kier alpha value is -1.00. The van der Waals surface area contributed by atoms with Crippen LogP contribution in [-0.4, -0.2) is 53.7 Å². The molecule has 1 amide bonds. The van der Waals surface area contributed by atoms with Crippen LogP contribution in [0.1, 0.15) is 12.8 Å². The lowest BCUT2D eigenvalue weighted by Crippen LogP contribution is -2.52. The Labute approximate surface area is 119 Å². The van der Waals surface area contributed by atoms with Gasteiger partial charge in [0.1, 0.15) is 0 Å². The minimum atomic E-state index is 0.292. The van der Waals surface area contributed by atoms with E-state index in [-0.39, 0.29) is 0 Å². The van der Waals surface area contributed by atoms with Gasteiger partial charge >= 0.3 is 0 Å². The first-order chi connectivity index (χ1) is 9.33. The number of piperazine rings is 1. The summed E-state index contributed by atoms with van der Waals surface area (Å²) in [6.07, 6.45) is 2.56. The molecule has 2 heterocycles. The van der Waals surface area contributed by atoms with Crippen molar-refractivity contribution in [2.24, 2.45) is 0 Å². The van der Waals surface area contributed by atoms with E-state index in [4.69, 9.17) is 0 Å². The largest absolute Gasteiger partial charge is 0.339 e. The molecule has 0 N–H and O–H groups in total. The van der Waals surface area contributed by atoms with Gasteiger partial charge in [0, 0.05) is 30.6 Å². The van der Waals surface area contributed by atoms with Gasteiger partial charge in [0.2, 0.25) is 5.91 Å². The molecule has 2 fully saturated rings. The van der Waals surface area contributed by atoms with E-state index in [1.165, 1.54) is 24.3 Å². The minimum Gasteiger partial charge on any atom is -0.339 e. The number of carbonyl (C=O) groups is 1. The number of thioether (sulfide) groups is 1. The highest BCUT2D eigenvalue weighted by Gasteiger charge is 2.32. The zero-order valence-electron chi connectivity index (χ0n) is 11.1. The molecule has 3 nitrogen and oxygen atoms in total. The molecular weight excluding hydrogens is 256 g/mol. The zero-order chi connectivity index (χ0) is 13.1. The normalized spacial score (nSPS) is 23.4. The third-order valence-corrected chi connectivity index (χ3v) is 5.04. The average Bonchev–Trinajstić information content (AvgIpc) is 2.93. The summed E-state index contributed by atoms with van der Waals surface area (Å²) in [6, 6.07) is 10.8. The van der Waals surface area contributed by atoms with Gasteiger partial charge < -0.3 is 4.90 Å². The summed E-state index contributed by atoms with van der Waals surface area (Å²) in [5, 5.41) is 0. The van der Waals surface area contributed by atoms with Crippen LogP contribution in [-0.2, 0) is 4.79 Å². The van der Waals surface area contributed by atoms with E-state index in [1.807, 2.05) is 18.2 Å². The van der Waals surface area contributed by atoms with Crippen molar-refractivity contribution in [2.45, 2.75) is 23.8 Å². The number of amides is 1. The fourth-order valence-corrected chi connectivity index (χ4v) is 3.79. The van der Waals surface area contributed by atoms with Crippen molar-refractivity contribution < 1.29 is 4.79 Å². The second kappa shape index (κ2) is 5.97. The predicted octanol–water partition coefficient (Wildman–Crippen LogP) is 2.09. The second-order valence-electron chi connectivity index (χ2n) is 5.27. The third-order valence-electron chi connectivity index (χ3n) is 4.05. The summed E-state index contributed by atoms with van der Waals surface area (Å²) in [4.78, 5) is 18.0. The SMILES string of the molecule is O=C(CSc1ccccc1)N1CCN2CCC[C@@H]2C1. The average molecular weight is 276 g/mol. The molecule has 0 aliphatic carbocycles. The number of fused-ring (bicyclic) bond motifs is 1. The van der Waals surface area contributed by atoms with Crippen LogP contribution in [0.4, 0.5) is 0 Å². The van der Waals surface area contributed by atoms with Gasteiger partial charge in [0.05, 0.1) is 5.75 Å². The van der Waals surface area contributed by atoms with E-state index in [0.717, 1.165) is 19.6 Å². The fraction of sp³-hybridized carbons (Fsp3) is 0.533. The predicted molar refractivity (Wildman–Crippen MR) is 78.3 cm³/mol. The van der Waals surface area contributed by atoms with E-state index < -0.39 is 0 Å². The van der Waals surface area contributed by atoms with E-state index in [9.17, 15) is 4.79 Å². The van der Waals surface area contributed by atoms with Crippen molar-refractivity contribution in [3.05, 3.63) is 30.3 Å². The van der Waals surface area contributed by atoms with Gasteiger partial charge in [-0.2, -0.15) is 0 Å². The molecule has 2 aliphatic heterocycles. The van der Waals surface area contributed by atoms with Crippen LogP contribution in [0.5, 0.6) is 0 Å². The molecule has 2 aliphatic rings. The summed E-state index contributed by atoms with van der Waals surface area (Å²) >= 11 is 1.64. The van der Waals surface area contributed by atoms with Crippen LogP contribution in [0.15, 0.2) is 35.2 Å². The minimum absolute atomic E-state index is 0.292. The molecule has 1 aromatic carbocycles. The number of benzene rings is 1. The summed E-state index contributed by atoms with van der Waals surface area (Å²) in [5.41, 5.74) is 0. The van der Waals surface area contributed by atoms with Gasteiger partial charge in [-0.1, -0.05) is 18.2 Å². The molecule has 0 aromatic heterocycles. The lowest BCUT2D eigenvalue weighted by molar-refractivity contribution is -0.130. The Kier molecular flexibility index (Phi) is 4.09. The lowest BCUT2D eigenvalue weighted by atomic mass is 10.1. The summed E-state index contributed by atoms with van der Waals surface area (Å²) < 4.78 is 0. The molecule has 3 rings (SSSR count). The number of hydrogen-bond donors (Lipinski definition) is 0. The van der Waals surface area contributed by atoms with Crippen LogP contribution in [0, 0.1) is 0 Å². The first-order valence-electron chi connectivity index (χ1n) is 7.02. The van der Waals surface area contributed by atoms with Gasteiger partial charge in [-0.05, 0) is 31.5 Å².